The van der Waals surface area contributed by atoms with Gasteiger partial charge in [-0.15, -0.1) is 0 Å². The topological polar surface area (TPSA) is 85.4 Å². The Kier molecular flexibility index (Phi) is 4.97. The van der Waals surface area contributed by atoms with Gasteiger partial charge in [0.25, 0.3) is 0 Å². The number of ether oxygens (including phenoxy) is 2. The molecule has 0 saturated heterocycles. The first-order chi connectivity index (χ1) is 13.7. The molecule has 7 nitrogen and oxygen atoms in total. The Balaban J connectivity index is 1.75. The number of carbonyl (C=O) groups is 1. The molecule has 144 valence electrons. The van der Waals surface area contributed by atoms with Crippen LogP contribution in [0.25, 0.3) is 22.3 Å². The lowest BCUT2D eigenvalue weighted by atomic mass is 10.1. The molecule has 2 aromatic carbocycles. The minimum atomic E-state index is -0.0454. The van der Waals surface area contributed by atoms with Gasteiger partial charge < -0.3 is 20.1 Å². The highest BCUT2D eigenvalue weighted by molar-refractivity contribution is 5.94. The Bertz CT molecular complexity index is 1000. The van der Waals surface area contributed by atoms with Crippen molar-refractivity contribution in [3.8, 4) is 22.9 Å². The number of amides is 1. The van der Waals surface area contributed by atoms with Crippen molar-refractivity contribution < 1.29 is 14.3 Å². The summed E-state index contributed by atoms with van der Waals surface area (Å²) in [5.74, 6) is 2.28. The van der Waals surface area contributed by atoms with Crippen molar-refractivity contribution in [3.05, 3.63) is 42.5 Å². The first-order valence-electron chi connectivity index (χ1n) is 9.20. The first kappa shape index (κ1) is 18.0. The molecule has 0 unspecified atom stereocenters. The standard InChI is InChI=1S/C21H22N4O3/c1-27-17-10-15-16(11-18(17)28-2)24-20(13-6-4-3-5-7-13)25-21(15)22-12-19(26)23-14-8-9-14/h3-7,10-11,14H,8-9,12H2,1-2H3,(H,23,26)(H,22,24,25). The third kappa shape index (κ3) is 3.83. The van der Waals surface area contributed by atoms with Crippen LogP contribution in [0.1, 0.15) is 12.8 Å². The van der Waals surface area contributed by atoms with Gasteiger partial charge in [-0.25, -0.2) is 9.97 Å². The van der Waals surface area contributed by atoms with Gasteiger partial charge >= 0.3 is 0 Å². The van der Waals surface area contributed by atoms with Gasteiger partial charge in [0, 0.05) is 23.1 Å². The molecule has 28 heavy (non-hydrogen) atoms. The molecule has 1 saturated carbocycles. The van der Waals surface area contributed by atoms with Gasteiger partial charge in [-0.05, 0) is 18.9 Å². The zero-order valence-corrected chi connectivity index (χ0v) is 15.9. The van der Waals surface area contributed by atoms with Crippen LogP contribution in [0.4, 0.5) is 5.82 Å². The summed E-state index contributed by atoms with van der Waals surface area (Å²) in [6.45, 7) is 0.144. The number of hydrogen-bond donors (Lipinski definition) is 2. The number of nitrogens with one attached hydrogen (secondary N) is 2. The number of carbonyl (C=O) groups excluding carboxylic acids is 1. The summed E-state index contributed by atoms with van der Waals surface area (Å²) in [5, 5.41) is 6.89. The molecule has 1 fully saturated rings. The van der Waals surface area contributed by atoms with E-state index >= 15 is 0 Å². The molecular formula is C21H22N4O3. The van der Waals surface area contributed by atoms with Crippen molar-refractivity contribution in [2.75, 3.05) is 26.1 Å². The van der Waals surface area contributed by atoms with Crippen LogP contribution in [-0.2, 0) is 4.79 Å². The molecule has 0 radical (unpaired) electrons. The van der Waals surface area contributed by atoms with Crippen molar-refractivity contribution in [3.63, 3.8) is 0 Å². The molecule has 0 aliphatic heterocycles. The Morgan fingerprint density at radius 1 is 1.07 bits per heavy atom. The summed E-state index contributed by atoms with van der Waals surface area (Å²) in [4.78, 5) is 21.5. The lowest BCUT2D eigenvalue weighted by Crippen LogP contribution is -2.31. The first-order valence-corrected chi connectivity index (χ1v) is 9.20. The SMILES string of the molecule is COc1cc2nc(-c3ccccc3)nc(NCC(=O)NC3CC3)c2cc1OC. The van der Waals surface area contributed by atoms with Gasteiger partial charge in [0.2, 0.25) is 5.91 Å². The number of benzene rings is 2. The quantitative estimate of drug-likeness (QED) is 0.657. The maximum Gasteiger partial charge on any atom is 0.239 e. The van der Waals surface area contributed by atoms with E-state index in [1.807, 2.05) is 42.5 Å². The van der Waals surface area contributed by atoms with Gasteiger partial charge in [-0.2, -0.15) is 0 Å². The van der Waals surface area contributed by atoms with E-state index in [-0.39, 0.29) is 12.5 Å². The lowest BCUT2D eigenvalue weighted by molar-refractivity contribution is -0.119. The molecular weight excluding hydrogens is 356 g/mol. The number of fused-ring (bicyclic) bond motifs is 1. The predicted molar refractivity (Wildman–Crippen MR) is 108 cm³/mol. The van der Waals surface area contributed by atoms with Crippen LogP contribution in [0.3, 0.4) is 0 Å². The maximum atomic E-state index is 12.1. The Labute approximate surface area is 163 Å². The number of methoxy groups -OCH3 is 2. The highest BCUT2D eigenvalue weighted by Gasteiger charge is 2.23. The highest BCUT2D eigenvalue weighted by atomic mass is 16.5. The number of hydrogen-bond acceptors (Lipinski definition) is 6. The molecule has 0 bridgehead atoms. The van der Waals surface area contributed by atoms with Crippen LogP contribution >= 0.6 is 0 Å². The molecule has 1 amide bonds. The fourth-order valence-corrected chi connectivity index (χ4v) is 2.98. The molecule has 1 aliphatic carbocycles. The third-order valence-electron chi connectivity index (χ3n) is 4.59. The van der Waals surface area contributed by atoms with Crippen molar-refractivity contribution in [2.45, 2.75) is 18.9 Å². The minimum Gasteiger partial charge on any atom is -0.493 e. The van der Waals surface area contributed by atoms with Crippen LogP contribution in [0.5, 0.6) is 11.5 Å². The Morgan fingerprint density at radius 2 is 1.79 bits per heavy atom. The van der Waals surface area contributed by atoms with Gasteiger partial charge in [-0.1, -0.05) is 30.3 Å². The summed E-state index contributed by atoms with van der Waals surface area (Å²) >= 11 is 0. The van der Waals surface area contributed by atoms with Crippen molar-refractivity contribution in [1.29, 1.82) is 0 Å². The second kappa shape index (κ2) is 7.72. The molecule has 1 heterocycles. The van der Waals surface area contributed by atoms with Crippen molar-refractivity contribution in [2.24, 2.45) is 0 Å². The van der Waals surface area contributed by atoms with Gasteiger partial charge in [-0.3, -0.25) is 4.79 Å². The smallest absolute Gasteiger partial charge is 0.239 e. The number of aromatic nitrogens is 2. The van der Waals surface area contributed by atoms with E-state index in [0.717, 1.165) is 23.8 Å². The molecule has 2 N–H and O–H groups in total. The average Bonchev–Trinajstić information content (AvgIpc) is 3.55. The van der Waals surface area contributed by atoms with Crippen LogP contribution in [0, 0.1) is 0 Å². The summed E-state index contributed by atoms with van der Waals surface area (Å²) in [7, 11) is 3.17. The normalized spacial score (nSPS) is 13.2. The van der Waals surface area contributed by atoms with Crippen LogP contribution in [0.15, 0.2) is 42.5 Å². The third-order valence-corrected chi connectivity index (χ3v) is 4.59. The molecule has 4 rings (SSSR count). The second-order valence-corrected chi connectivity index (χ2v) is 6.68. The molecule has 3 aromatic rings. The van der Waals surface area contributed by atoms with Crippen molar-refractivity contribution in [1.82, 2.24) is 15.3 Å². The van der Waals surface area contributed by atoms with Gasteiger partial charge in [0.05, 0.1) is 26.3 Å². The lowest BCUT2D eigenvalue weighted by Gasteiger charge is -2.14. The van der Waals surface area contributed by atoms with E-state index in [2.05, 4.69) is 20.6 Å². The van der Waals surface area contributed by atoms with E-state index in [0.29, 0.717) is 34.7 Å². The van der Waals surface area contributed by atoms with E-state index in [4.69, 9.17) is 9.47 Å². The molecule has 1 aliphatic rings. The summed E-state index contributed by atoms with van der Waals surface area (Å²) < 4.78 is 10.8. The van der Waals surface area contributed by atoms with E-state index in [9.17, 15) is 4.79 Å². The van der Waals surface area contributed by atoms with Gasteiger partial charge in [0.15, 0.2) is 17.3 Å². The number of rotatable bonds is 7. The number of nitrogens with zero attached hydrogens (tertiary/aromatic N) is 2. The Hall–Kier alpha value is -3.35. The van der Waals surface area contributed by atoms with Crippen LogP contribution in [-0.4, -0.2) is 42.7 Å². The summed E-state index contributed by atoms with van der Waals surface area (Å²) in [5.41, 5.74) is 1.60. The van der Waals surface area contributed by atoms with Crippen LogP contribution < -0.4 is 20.1 Å². The highest BCUT2D eigenvalue weighted by Crippen LogP contribution is 2.35. The summed E-state index contributed by atoms with van der Waals surface area (Å²) in [6.07, 6.45) is 2.11. The molecule has 7 heteroatoms. The molecule has 0 spiro atoms. The minimum absolute atomic E-state index is 0.0454. The fourth-order valence-electron chi connectivity index (χ4n) is 2.98. The van der Waals surface area contributed by atoms with E-state index < -0.39 is 0 Å². The molecule has 1 aromatic heterocycles. The van der Waals surface area contributed by atoms with E-state index in [1.165, 1.54) is 0 Å². The monoisotopic (exact) mass is 378 g/mol. The van der Waals surface area contributed by atoms with Crippen molar-refractivity contribution >= 4 is 22.6 Å². The second-order valence-electron chi connectivity index (χ2n) is 6.68. The maximum absolute atomic E-state index is 12.1. The largest absolute Gasteiger partial charge is 0.493 e. The van der Waals surface area contributed by atoms with E-state index in [1.54, 1.807) is 14.2 Å². The summed E-state index contributed by atoms with van der Waals surface area (Å²) in [6, 6.07) is 13.7. The van der Waals surface area contributed by atoms with Crippen LogP contribution in [0.2, 0.25) is 0 Å². The zero-order chi connectivity index (χ0) is 19.5. The van der Waals surface area contributed by atoms with Gasteiger partial charge in [0.1, 0.15) is 5.82 Å². The average molecular weight is 378 g/mol. The predicted octanol–water partition coefficient (Wildman–Crippen LogP) is 3.00. The Morgan fingerprint density at radius 3 is 2.46 bits per heavy atom. The number of anilines is 1. The zero-order valence-electron chi connectivity index (χ0n) is 15.9. The fraction of sp³-hybridized carbons (Fsp3) is 0.286. The molecule has 0 atom stereocenters.